The molecule has 1 N–H and O–H groups in total. The fourth-order valence-electron chi connectivity index (χ4n) is 1.74. The molecule has 0 spiro atoms. The number of ether oxygens (including phenoxy) is 1. The molecule has 0 fully saturated rings. The van der Waals surface area contributed by atoms with Crippen molar-refractivity contribution >= 4 is 0 Å². The molecule has 0 saturated heterocycles. The van der Waals surface area contributed by atoms with Crippen LogP contribution in [0.25, 0.3) is 0 Å². The van der Waals surface area contributed by atoms with Gasteiger partial charge in [-0.1, -0.05) is 19.9 Å². The molecule has 2 aromatic rings. The molecule has 0 aliphatic heterocycles. The number of nitrogens with zero attached hydrogens (tertiary/aromatic N) is 2. The van der Waals surface area contributed by atoms with Crippen molar-refractivity contribution in [3.8, 4) is 11.6 Å². The van der Waals surface area contributed by atoms with Gasteiger partial charge in [-0.15, -0.1) is 0 Å². The highest BCUT2D eigenvalue weighted by Gasteiger charge is 2.02. The Morgan fingerprint density at radius 3 is 2.75 bits per heavy atom. The van der Waals surface area contributed by atoms with Crippen LogP contribution in [0.3, 0.4) is 0 Å². The Morgan fingerprint density at radius 2 is 2.05 bits per heavy atom. The van der Waals surface area contributed by atoms with Crippen molar-refractivity contribution in [1.29, 1.82) is 0 Å². The molecule has 4 nitrogen and oxygen atoms in total. The average Bonchev–Trinajstić information content (AvgIpc) is 2.41. The molecular formula is C16H21N3O. The first-order valence-corrected chi connectivity index (χ1v) is 6.90. The number of rotatable bonds is 6. The van der Waals surface area contributed by atoms with Crippen LogP contribution in [-0.4, -0.2) is 16.5 Å². The molecule has 0 radical (unpaired) electrons. The third-order valence-corrected chi connectivity index (χ3v) is 2.75. The lowest BCUT2D eigenvalue weighted by Crippen LogP contribution is -2.19. The molecule has 0 aromatic carbocycles. The Morgan fingerprint density at radius 1 is 1.20 bits per heavy atom. The number of aryl methyl sites for hydroxylation is 1. The molecule has 0 unspecified atom stereocenters. The Kier molecular flexibility index (Phi) is 5.07. The van der Waals surface area contributed by atoms with Crippen molar-refractivity contribution in [2.45, 2.75) is 27.3 Å². The van der Waals surface area contributed by atoms with Crippen LogP contribution >= 0.6 is 0 Å². The number of hydrogen-bond donors (Lipinski definition) is 1. The molecule has 0 saturated carbocycles. The largest absolute Gasteiger partial charge is 0.437 e. The van der Waals surface area contributed by atoms with E-state index in [1.165, 1.54) is 0 Å². The summed E-state index contributed by atoms with van der Waals surface area (Å²) in [5.74, 6) is 1.93. The highest BCUT2D eigenvalue weighted by atomic mass is 16.5. The minimum atomic E-state index is 0.597. The van der Waals surface area contributed by atoms with Gasteiger partial charge in [-0.05, 0) is 37.6 Å². The zero-order valence-electron chi connectivity index (χ0n) is 12.3. The minimum absolute atomic E-state index is 0.597. The van der Waals surface area contributed by atoms with E-state index >= 15 is 0 Å². The average molecular weight is 271 g/mol. The zero-order chi connectivity index (χ0) is 14.4. The van der Waals surface area contributed by atoms with Crippen LogP contribution in [0, 0.1) is 12.8 Å². The van der Waals surface area contributed by atoms with E-state index in [9.17, 15) is 0 Å². The third-order valence-electron chi connectivity index (χ3n) is 2.75. The molecule has 2 heterocycles. The van der Waals surface area contributed by atoms with E-state index in [4.69, 9.17) is 4.74 Å². The second-order valence-corrected chi connectivity index (χ2v) is 5.23. The number of pyridine rings is 2. The summed E-state index contributed by atoms with van der Waals surface area (Å²) in [4.78, 5) is 8.68. The molecule has 4 heteroatoms. The van der Waals surface area contributed by atoms with Crippen LogP contribution in [0.15, 0.2) is 36.5 Å². The maximum atomic E-state index is 5.70. The summed E-state index contributed by atoms with van der Waals surface area (Å²) >= 11 is 0. The van der Waals surface area contributed by atoms with E-state index < -0.39 is 0 Å². The van der Waals surface area contributed by atoms with E-state index in [-0.39, 0.29) is 0 Å². The Labute approximate surface area is 120 Å². The van der Waals surface area contributed by atoms with Crippen LogP contribution in [0.4, 0.5) is 0 Å². The van der Waals surface area contributed by atoms with Crippen LogP contribution in [0.5, 0.6) is 11.6 Å². The summed E-state index contributed by atoms with van der Waals surface area (Å²) in [5.41, 5.74) is 1.94. The van der Waals surface area contributed by atoms with Crippen LogP contribution < -0.4 is 10.1 Å². The summed E-state index contributed by atoms with van der Waals surface area (Å²) in [7, 11) is 0. The highest BCUT2D eigenvalue weighted by molar-refractivity contribution is 5.26. The van der Waals surface area contributed by atoms with Gasteiger partial charge in [0.15, 0.2) is 0 Å². The fraction of sp³-hybridized carbons (Fsp3) is 0.375. The van der Waals surface area contributed by atoms with E-state index in [0.29, 0.717) is 17.5 Å². The van der Waals surface area contributed by atoms with Crippen LogP contribution in [0.2, 0.25) is 0 Å². The molecule has 2 rings (SSSR count). The van der Waals surface area contributed by atoms with Crippen LogP contribution in [-0.2, 0) is 6.54 Å². The molecule has 0 atom stereocenters. The molecule has 106 valence electrons. The van der Waals surface area contributed by atoms with Crippen molar-refractivity contribution < 1.29 is 4.74 Å². The van der Waals surface area contributed by atoms with Gasteiger partial charge in [0.2, 0.25) is 5.88 Å². The summed E-state index contributed by atoms with van der Waals surface area (Å²) in [6.07, 6.45) is 1.71. The lowest BCUT2D eigenvalue weighted by molar-refractivity contribution is 0.456. The maximum Gasteiger partial charge on any atom is 0.219 e. The first-order valence-electron chi connectivity index (χ1n) is 6.90. The quantitative estimate of drug-likeness (QED) is 0.875. The molecule has 20 heavy (non-hydrogen) atoms. The van der Waals surface area contributed by atoms with Crippen LogP contribution in [0.1, 0.15) is 25.2 Å². The van der Waals surface area contributed by atoms with Crippen molar-refractivity contribution in [3.63, 3.8) is 0 Å². The molecule has 0 aliphatic carbocycles. The molecule has 2 aromatic heterocycles. The number of nitrogens with one attached hydrogen (secondary N) is 1. The normalized spacial score (nSPS) is 10.8. The summed E-state index contributed by atoms with van der Waals surface area (Å²) in [6.45, 7) is 8.05. The zero-order valence-corrected chi connectivity index (χ0v) is 12.3. The number of hydrogen-bond acceptors (Lipinski definition) is 4. The lowest BCUT2D eigenvalue weighted by Gasteiger charge is -2.09. The predicted octanol–water partition coefficient (Wildman–Crippen LogP) is 3.32. The number of aromatic nitrogens is 2. The standard InChI is InChI=1S/C16H21N3O/c1-12(2)9-17-10-14-5-4-6-16(19-14)20-15-8-7-13(3)18-11-15/h4-8,11-12,17H,9-10H2,1-3H3. The Hall–Kier alpha value is -1.94. The first-order chi connectivity index (χ1) is 9.63. The van der Waals surface area contributed by atoms with E-state index in [1.807, 2.05) is 37.3 Å². The second kappa shape index (κ2) is 7.01. The summed E-state index contributed by atoms with van der Waals surface area (Å²) in [5, 5.41) is 3.37. The van der Waals surface area contributed by atoms with E-state index in [1.54, 1.807) is 6.20 Å². The lowest BCUT2D eigenvalue weighted by atomic mass is 10.2. The van der Waals surface area contributed by atoms with Gasteiger partial charge in [0.25, 0.3) is 0 Å². The van der Waals surface area contributed by atoms with Gasteiger partial charge in [0.05, 0.1) is 11.9 Å². The van der Waals surface area contributed by atoms with Gasteiger partial charge in [0.1, 0.15) is 5.75 Å². The second-order valence-electron chi connectivity index (χ2n) is 5.23. The van der Waals surface area contributed by atoms with E-state index in [2.05, 4.69) is 29.1 Å². The van der Waals surface area contributed by atoms with Gasteiger partial charge in [-0.2, -0.15) is 0 Å². The van der Waals surface area contributed by atoms with E-state index in [0.717, 1.165) is 24.5 Å². The van der Waals surface area contributed by atoms with Gasteiger partial charge >= 0.3 is 0 Å². The molecular weight excluding hydrogens is 250 g/mol. The minimum Gasteiger partial charge on any atom is -0.437 e. The van der Waals surface area contributed by atoms with Gasteiger partial charge in [0, 0.05) is 18.3 Å². The fourth-order valence-corrected chi connectivity index (χ4v) is 1.74. The Balaban J connectivity index is 1.96. The Bertz CT molecular complexity index is 538. The van der Waals surface area contributed by atoms with Crippen molar-refractivity contribution in [3.05, 3.63) is 47.9 Å². The van der Waals surface area contributed by atoms with Gasteiger partial charge in [-0.3, -0.25) is 4.98 Å². The smallest absolute Gasteiger partial charge is 0.219 e. The molecule has 0 amide bonds. The molecule has 0 bridgehead atoms. The van der Waals surface area contributed by atoms with Gasteiger partial charge < -0.3 is 10.1 Å². The van der Waals surface area contributed by atoms with Crippen molar-refractivity contribution in [1.82, 2.24) is 15.3 Å². The SMILES string of the molecule is Cc1ccc(Oc2cccc(CNCC(C)C)n2)cn1. The van der Waals surface area contributed by atoms with Crippen molar-refractivity contribution in [2.75, 3.05) is 6.54 Å². The third kappa shape index (κ3) is 4.63. The molecule has 0 aliphatic rings. The summed E-state index contributed by atoms with van der Waals surface area (Å²) in [6, 6.07) is 9.62. The predicted molar refractivity (Wildman–Crippen MR) is 79.8 cm³/mol. The monoisotopic (exact) mass is 271 g/mol. The van der Waals surface area contributed by atoms with Gasteiger partial charge in [-0.25, -0.2) is 4.98 Å². The van der Waals surface area contributed by atoms with Crippen molar-refractivity contribution in [2.24, 2.45) is 5.92 Å². The summed E-state index contributed by atoms with van der Waals surface area (Å²) < 4.78 is 5.70. The maximum absolute atomic E-state index is 5.70. The first kappa shape index (κ1) is 14.5. The topological polar surface area (TPSA) is 47.0 Å². The highest BCUT2D eigenvalue weighted by Crippen LogP contribution is 2.18.